The minimum Gasteiger partial charge on any atom is -0.506 e. The SMILES string of the molecule is CN=Cc1ccc(O)cn1. The molecule has 3 heteroatoms. The lowest BCUT2D eigenvalue weighted by atomic mass is 10.4. The molecule has 0 unspecified atom stereocenters. The van der Waals surface area contributed by atoms with E-state index in [1.165, 1.54) is 6.20 Å². The third-order valence-electron chi connectivity index (χ3n) is 1.03. The molecule has 0 saturated heterocycles. The van der Waals surface area contributed by atoms with Gasteiger partial charge in [0, 0.05) is 13.3 Å². The van der Waals surface area contributed by atoms with Crippen LogP contribution in [0.4, 0.5) is 0 Å². The molecule has 3 nitrogen and oxygen atoms in total. The van der Waals surface area contributed by atoms with Crippen LogP contribution in [0.25, 0.3) is 0 Å². The molecular formula is C7H8N2O. The Hall–Kier alpha value is -1.38. The van der Waals surface area contributed by atoms with Crippen molar-refractivity contribution in [2.45, 2.75) is 0 Å². The first kappa shape index (κ1) is 6.74. The summed E-state index contributed by atoms with van der Waals surface area (Å²) in [5, 5.41) is 8.82. The minimum atomic E-state index is 0.174. The van der Waals surface area contributed by atoms with Crippen molar-refractivity contribution in [2.24, 2.45) is 4.99 Å². The van der Waals surface area contributed by atoms with Crippen LogP contribution >= 0.6 is 0 Å². The van der Waals surface area contributed by atoms with Gasteiger partial charge in [-0.25, -0.2) is 0 Å². The van der Waals surface area contributed by atoms with Crippen LogP contribution in [0.2, 0.25) is 0 Å². The number of rotatable bonds is 1. The van der Waals surface area contributed by atoms with Gasteiger partial charge in [-0.3, -0.25) is 9.98 Å². The Balaban J connectivity index is 2.89. The number of aromatic nitrogens is 1. The number of aromatic hydroxyl groups is 1. The lowest BCUT2D eigenvalue weighted by Gasteiger charge is -1.90. The van der Waals surface area contributed by atoms with Crippen LogP contribution in [0.5, 0.6) is 5.75 Å². The lowest BCUT2D eigenvalue weighted by Crippen LogP contribution is -1.84. The summed E-state index contributed by atoms with van der Waals surface area (Å²) < 4.78 is 0. The smallest absolute Gasteiger partial charge is 0.133 e. The number of pyridine rings is 1. The molecule has 1 N–H and O–H groups in total. The van der Waals surface area contributed by atoms with Crippen molar-refractivity contribution in [3.05, 3.63) is 24.0 Å². The molecule has 1 rings (SSSR count). The van der Waals surface area contributed by atoms with Crippen molar-refractivity contribution in [1.82, 2.24) is 4.98 Å². The number of nitrogens with zero attached hydrogens (tertiary/aromatic N) is 2. The first-order chi connectivity index (χ1) is 4.83. The maximum atomic E-state index is 8.82. The Labute approximate surface area is 59.1 Å². The molecule has 0 saturated carbocycles. The van der Waals surface area contributed by atoms with E-state index in [2.05, 4.69) is 9.98 Å². The fourth-order valence-electron chi connectivity index (χ4n) is 0.606. The molecule has 0 radical (unpaired) electrons. The highest BCUT2D eigenvalue weighted by atomic mass is 16.3. The highest BCUT2D eigenvalue weighted by Gasteiger charge is 1.87. The second-order valence-electron chi connectivity index (χ2n) is 1.83. The van der Waals surface area contributed by atoms with Gasteiger partial charge in [-0.15, -0.1) is 0 Å². The van der Waals surface area contributed by atoms with Gasteiger partial charge in [0.15, 0.2) is 0 Å². The van der Waals surface area contributed by atoms with E-state index in [0.29, 0.717) is 0 Å². The van der Waals surface area contributed by atoms with E-state index in [-0.39, 0.29) is 5.75 Å². The van der Waals surface area contributed by atoms with E-state index < -0.39 is 0 Å². The van der Waals surface area contributed by atoms with Gasteiger partial charge >= 0.3 is 0 Å². The Morgan fingerprint density at radius 2 is 2.40 bits per heavy atom. The fraction of sp³-hybridized carbons (Fsp3) is 0.143. The minimum absolute atomic E-state index is 0.174. The maximum Gasteiger partial charge on any atom is 0.133 e. The van der Waals surface area contributed by atoms with Gasteiger partial charge in [-0.1, -0.05) is 0 Å². The Kier molecular flexibility index (Phi) is 1.99. The van der Waals surface area contributed by atoms with Gasteiger partial charge in [-0.2, -0.15) is 0 Å². The zero-order valence-electron chi connectivity index (χ0n) is 5.65. The summed E-state index contributed by atoms with van der Waals surface area (Å²) in [5.41, 5.74) is 0.750. The zero-order chi connectivity index (χ0) is 7.40. The van der Waals surface area contributed by atoms with Gasteiger partial charge < -0.3 is 5.11 Å². The second-order valence-corrected chi connectivity index (χ2v) is 1.83. The first-order valence-electron chi connectivity index (χ1n) is 2.90. The third-order valence-corrected chi connectivity index (χ3v) is 1.03. The molecule has 0 aliphatic heterocycles. The lowest BCUT2D eigenvalue weighted by molar-refractivity contribution is 0.472. The predicted octanol–water partition coefficient (Wildman–Crippen LogP) is 0.836. The topological polar surface area (TPSA) is 45.5 Å². The number of aliphatic imine (C=N–C) groups is 1. The Morgan fingerprint density at radius 3 is 2.90 bits per heavy atom. The van der Waals surface area contributed by atoms with Gasteiger partial charge in [0.25, 0.3) is 0 Å². The molecule has 1 heterocycles. The van der Waals surface area contributed by atoms with E-state index >= 15 is 0 Å². The van der Waals surface area contributed by atoms with Crippen molar-refractivity contribution in [1.29, 1.82) is 0 Å². The Bertz CT molecular complexity index is 228. The van der Waals surface area contributed by atoms with Crippen molar-refractivity contribution in [3.63, 3.8) is 0 Å². The van der Waals surface area contributed by atoms with Gasteiger partial charge in [0.1, 0.15) is 5.75 Å². The highest BCUT2D eigenvalue weighted by Crippen LogP contribution is 2.03. The molecule has 0 aromatic carbocycles. The average molecular weight is 136 g/mol. The molecule has 1 aromatic heterocycles. The fourth-order valence-corrected chi connectivity index (χ4v) is 0.606. The molecule has 1 aromatic rings. The predicted molar refractivity (Wildman–Crippen MR) is 39.4 cm³/mol. The van der Waals surface area contributed by atoms with Crippen LogP contribution in [0.1, 0.15) is 5.69 Å². The van der Waals surface area contributed by atoms with E-state index in [1.807, 2.05) is 0 Å². The van der Waals surface area contributed by atoms with E-state index in [9.17, 15) is 0 Å². The van der Waals surface area contributed by atoms with E-state index in [1.54, 1.807) is 25.4 Å². The van der Waals surface area contributed by atoms with Crippen LogP contribution in [0.15, 0.2) is 23.3 Å². The standard InChI is InChI=1S/C7H8N2O/c1-8-4-6-2-3-7(10)5-9-6/h2-5,10H,1H3. The van der Waals surface area contributed by atoms with Crippen LogP contribution < -0.4 is 0 Å². The van der Waals surface area contributed by atoms with E-state index in [0.717, 1.165) is 5.69 Å². The van der Waals surface area contributed by atoms with Crippen molar-refractivity contribution in [2.75, 3.05) is 7.05 Å². The summed E-state index contributed by atoms with van der Waals surface area (Å²) in [5.74, 6) is 0.174. The molecule has 0 fully saturated rings. The van der Waals surface area contributed by atoms with Crippen LogP contribution in [-0.4, -0.2) is 23.4 Å². The van der Waals surface area contributed by atoms with Crippen molar-refractivity contribution in [3.8, 4) is 5.75 Å². The third kappa shape index (κ3) is 1.55. The molecule has 10 heavy (non-hydrogen) atoms. The van der Waals surface area contributed by atoms with Crippen LogP contribution in [0.3, 0.4) is 0 Å². The van der Waals surface area contributed by atoms with Crippen LogP contribution in [0, 0.1) is 0 Å². The Morgan fingerprint density at radius 1 is 1.60 bits per heavy atom. The number of hydrogen-bond acceptors (Lipinski definition) is 3. The normalized spacial score (nSPS) is 10.5. The molecule has 52 valence electrons. The van der Waals surface area contributed by atoms with Crippen molar-refractivity contribution < 1.29 is 5.11 Å². The molecule has 0 spiro atoms. The zero-order valence-corrected chi connectivity index (χ0v) is 5.65. The summed E-state index contributed by atoms with van der Waals surface area (Å²) >= 11 is 0. The van der Waals surface area contributed by atoms with Crippen LogP contribution in [-0.2, 0) is 0 Å². The summed E-state index contributed by atoms with van der Waals surface area (Å²) in [7, 11) is 1.68. The molecule has 0 atom stereocenters. The van der Waals surface area contributed by atoms with Gasteiger partial charge in [-0.05, 0) is 12.1 Å². The van der Waals surface area contributed by atoms with Gasteiger partial charge in [0.2, 0.25) is 0 Å². The highest BCUT2D eigenvalue weighted by molar-refractivity contribution is 5.76. The molecular weight excluding hydrogens is 128 g/mol. The molecule has 0 aliphatic rings. The summed E-state index contributed by atoms with van der Waals surface area (Å²) in [6, 6.07) is 3.27. The summed E-state index contributed by atoms with van der Waals surface area (Å²) in [6.45, 7) is 0. The van der Waals surface area contributed by atoms with Gasteiger partial charge in [0.05, 0.1) is 11.9 Å². The molecule has 0 aliphatic carbocycles. The maximum absolute atomic E-state index is 8.82. The second kappa shape index (κ2) is 2.96. The molecule has 0 amide bonds. The van der Waals surface area contributed by atoms with E-state index in [4.69, 9.17) is 5.11 Å². The number of hydrogen-bond donors (Lipinski definition) is 1. The monoisotopic (exact) mass is 136 g/mol. The average Bonchev–Trinajstić information content (AvgIpc) is 1.95. The quantitative estimate of drug-likeness (QED) is 0.581. The summed E-state index contributed by atoms with van der Waals surface area (Å²) in [4.78, 5) is 7.64. The largest absolute Gasteiger partial charge is 0.506 e. The first-order valence-corrected chi connectivity index (χ1v) is 2.90. The summed E-state index contributed by atoms with van der Waals surface area (Å²) in [6.07, 6.45) is 3.01. The molecule has 0 bridgehead atoms. The van der Waals surface area contributed by atoms with Crippen molar-refractivity contribution >= 4 is 6.21 Å².